The lowest BCUT2D eigenvalue weighted by atomic mass is 10.0. The lowest BCUT2D eigenvalue weighted by Crippen LogP contribution is -1.94. The van der Waals surface area contributed by atoms with Gasteiger partial charge in [0.15, 0.2) is 5.58 Å². The van der Waals surface area contributed by atoms with Gasteiger partial charge in [0.05, 0.1) is 27.8 Å². The number of aromatic nitrogens is 2. The smallest absolute Gasteiger partial charge is 0.159 e. The number of para-hydroxylation sites is 4. The number of thiophene rings is 1. The molecule has 4 heteroatoms. The van der Waals surface area contributed by atoms with Crippen LogP contribution in [0.4, 0.5) is 0 Å². The molecule has 8 aromatic carbocycles. The molecule has 0 saturated heterocycles. The molecular weight excluding hydrogens is 653 g/mol. The zero-order valence-corrected chi connectivity index (χ0v) is 28.7. The van der Waals surface area contributed by atoms with Crippen molar-refractivity contribution in [1.29, 1.82) is 0 Å². The van der Waals surface area contributed by atoms with Crippen molar-refractivity contribution < 1.29 is 4.42 Å². The normalized spacial score (nSPS) is 12.2. The molecule has 0 N–H and O–H groups in total. The first kappa shape index (κ1) is 28.1. The Bertz CT molecular complexity index is 3430. The van der Waals surface area contributed by atoms with Crippen LogP contribution >= 0.6 is 11.3 Å². The molecule has 12 rings (SSSR count). The van der Waals surface area contributed by atoms with Gasteiger partial charge in [-0.2, -0.15) is 0 Å². The van der Waals surface area contributed by atoms with E-state index in [0.717, 1.165) is 38.7 Å². The highest BCUT2D eigenvalue weighted by molar-refractivity contribution is 7.25. The van der Waals surface area contributed by atoms with E-state index in [1.165, 1.54) is 69.6 Å². The van der Waals surface area contributed by atoms with Crippen LogP contribution < -0.4 is 0 Å². The maximum Gasteiger partial charge on any atom is 0.159 e. The van der Waals surface area contributed by atoms with Crippen LogP contribution in [0.15, 0.2) is 174 Å². The van der Waals surface area contributed by atoms with Crippen LogP contribution in [0.3, 0.4) is 0 Å². The molecule has 0 saturated carbocycles. The molecule has 0 fully saturated rings. The van der Waals surface area contributed by atoms with Gasteiger partial charge in [-0.25, -0.2) is 0 Å². The van der Waals surface area contributed by atoms with Gasteiger partial charge < -0.3 is 13.6 Å². The summed E-state index contributed by atoms with van der Waals surface area (Å²) in [6.45, 7) is 0. The van der Waals surface area contributed by atoms with Crippen molar-refractivity contribution >= 4 is 97.1 Å². The standard InChI is InChI=1S/C48H28N2OS/c1-5-15-40-32(10-1)38-26-29(20-24-42(38)49(40)31-22-23-36-35-13-4-8-19-46(35)52-47(36)28-31)30-21-25-43-39(27-30)33-11-2-6-16-41(33)50(43)44-17-9-14-37-34-12-3-7-18-45(34)51-48(37)44/h1-28H. The number of rotatable bonds is 3. The quantitative estimate of drug-likeness (QED) is 0.182. The summed E-state index contributed by atoms with van der Waals surface area (Å²) in [6.07, 6.45) is 0. The summed E-state index contributed by atoms with van der Waals surface area (Å²) in [7, 11) is 0. The number of fused-ring (bicyclic) bond motifs is 12. The highest BCUT2D eigenvalue weighted by atomic mass is 32.1. The molecule has 0 aliphatic carbocycles. The van der Waals surface area contributed by atoms with Gasteiger partial charge in [0, 0.05) is 58.2 Å². The highest BCUT2D eigenvalue weighted by Crippen LogP contribution is 2.41. The predicted octanol–water partition coefficient (Wildman–Crippen LogP) is 13.8. The molecule has 52 heavy (non-hydrogen) atoms. The molecule has 12 aromatic rings. The Hall–Kier alpha value is -6.62. The van der Waals surface area contributed by atoms with Gasteiger partial charge in [0.25, 0.3) is 0 Å². The third kappa shape index (κ3) is 3.84. The van der Waals surface area contributed by atoms with E-state index in [4.69, 9.17) is 4.42 Å². The Morgan fingerprint density at radius 3 is 1.71 bits per heavy atom. The monoisotopic (exact) mass is 680 g/mol. The van der Waals surface area contributed by atoms with Crippen LogP contribution in [0.5, 0.6) is 0 Å². The molecule has 3 nitrogen and oxygen atoms in total. The molecule has 0 radical (unpaired) electrons. The first-order chi connectivity index (χ1) is 25.8. The average molecular weight is 681 g/mol. The fourth-order valence-corrected chi connectivity index (χ4v) is 9.74. The minimum Gasteiger partial charge on any atom is -0.454 e. The van der Waals surface area contributed by atoms with Crippen LogP contribution in [0, 0.1) is 0 Å². The Morgan fingerprint density at radius 1 is 0.365 bits per heavy atom. The fourth-order valence-electron chi connectivity index (χ4n) is 8.60. The number of furan rings is 1. The fraction of sp³-hybridized carbons (Fsp3) is 0. The third-order valence-electron chi connectivity index (χ3n) is 10.9. The van der Waals surface area contributed by atoms with E-state index < -0.39 is 0 Å². The van der Waals surface area contributed by atoms with Gasteiger partial charge in [0.1, 0.15) is 5.58 Å². The van der Waals surface area contributed by atoms with Gasteiger partial charge in [-0.3, -0.25) is 0 Å². The molecule has 4 heterocycles. The Kier molecular flexibility index (Phi) is 5.65. The number of benzene rings is 8. The van der Waals surface area contributed by atoms with Crippen molar-refractivity contribution in [3.8, 4) is 22.5 Å². The number of hydrogen-bond acceptors (Lipinski definition) is 2. The summed E-state index contributed by atoms with van der Waals surface area (Å²) in [5.74, 6) is 0. The molecule has 0 spiro atoms. The van der Waals surface area contributed by atoms with Gasteiger partial charge in [-0.1, -0.05) is 103 Å². The molecular formula is C48H28N2OS. The molecule has 0 amide bonds. The van der Waals surface area contributed by atoms with Gasteiger partial charge in [-0.05, 0) is 77.9 Å². The minimum atomic E-state index is 0.906. The highest BCUT2D eigenvalue weighted by Gasteiger charge is 2.19. The maximum atomic E-state index is 6.52. The molecule has 0 aliphatic heterocycles. The maximum absolute atomic E-state index is 6.52. The molecule has 242 valence electrons. The van der Waals surface area contributed by atoms with Crippen LogP contribution in [0.1, 0.15) is 0 Å². The lowest BCUT2D eigenvalue weighted by Gasteiger charge is -2.10. The van der Waals surface area contributed by atoms with E-state index in [-0.39, 0.29) is 0 Å². The second-order valence-corrected chi connectivity index (χ2v) is 14.8. The van der Waals surface area contributed by atoms with E-state index in [9.17, 15) is 0 Å². The number of hydrogen-bond donors (Lipinski definition) is 0. The van der Waals surface area contributed by atoms with E-state index in [1.54, 1.807) is 0 Å². The van der Waals surface area contributed by atoms with Crippen LogP contribution in [0.25, 0.3) is 108 Å². The summed E-state index contributed by atoms with van der Waals surface area (Å²) < 4.78 is 13.9. The minimum absolute atomic E-state index is 0.906. The average Bonchev–Trinajstić information content (AvgIpc) is 3.95. The van der Waals surface area contributed by atoms with E-state index >= 15 is 0 Å². The van der Waals surface area contributed by atoms with Crippen molar-refractivity contribution in [1.82, 2.24) is 9.13 Å². The first-order valence-electron chi connectivity index (χ1n) is 17.7. The second kappa shape index (κ2) is 10.5. The predicted molar refractivity (Wildman–Crippen MR) is 221 cm³/mol. The zero-order valence-electron chi connectivity index (χ0n) is 27.9. The Morgan fingerprint density at radius 2 is 0.942 bits per heavy atom. The van der Waals surface area contributed by atoms with Crippen molar-refractivity contribution in [2.45, 2.75) is 0 Å². The van der Waals surface area contributed by atoms with Crippen LogP contribution in [-0.4, -0.2) is 9.13 Å². The summed E-state index contributed by atoms with van der Waals surface area (Å²) >= 11 is 1.87. The molecule has 0 aliphatic rings. The summed E-state index contributed by atoms with van der Waals surface area (Å²) in [5, 5.41) is 9.87. The van der Waals surface area contributed by atoms with Crippen molar-refractivity contribution in [2.75, 3.05) is 0 Å². The van der Waals surface area contributed by atoms with Gasteiger partial charge in [0.2, 0.25) is 0 Å². The van der Waals surface area contributed by atoms with Crippen molar-refractivity contribution in [3.63, 3.8) is 0 Å². The largest absolute Gasteiger partial charge is 0.454 e. The molecule has 4 aromatic heterocycles. The van der Waals surface area contributed by atoms with Gasteiger partial charge in [-0.15, -0.1) is 11.3 Å². The first-order valence-corrected chi connectivity index (χ1v) is 18.5. The summed E-state index contributed by atoms with van der Waals surface area (Å²) in [5.41, 5.74) is 11.2. The SMILES string of the molecule is c1ccc2c(c1)oc1c(-n3c4ccccc4c4cc(-c5ccc6c(c5)c5ccccc5n6-c5ccc6c(c5)sc5ccccc56)ccc43)cccc12. The van der Waals surface area contributed by atoms with Crippen molar-refractivity contribution in [3.05, 3.63) is 170 Å². The van der Waals surface area contributed by atoms with Crippen LogP contribution in [0.2, 0.25) is 0 Å². The van der Waals surface area contributed by atoms with E-state index in [1.807, 2.05) is 17.4 Å². The zero-order chi connectivity index (χ0) is 33.9. The van der Waals surface area contributed by atoms with Gasteiger partial charge >= 0.3 is 0 Å². The van der Waals surface area contributed by atoms with Crippen molar-refractivity contribution in [2.24, 2.45) is 0 Å². The topological polar surface area (TPSA) is 23.0 Å². The third-order valence-corrected chi connectivity index (χ3v) is 12.1. The number of nitrogens with zero attached hydrogens (tertiary/aromatic N) is 2. The second-order valence-electron chi connectivity index (χ2n) is 13.7. The lowest BCUT2D eigenvalue weighted by molar-refractivity contribution is 0.666. The molecule has 0 unspecified atom stereocenters. The summed E-state index contributed by atoms with van der Waals surface area (Å²) in [4.78, 5) is 0. The van der Waals surface area contributed by atoms with E-state index in [0.29, 0.717) is 0 Å². The van der Waals surface area contributed by atoms with Crippen LogP contribution in [-0.2, 0) is 0 Å². The summed E-state index contributed by atoms with van der Waals surface area (Å²) in [6, 6.07) is 61.8. The van der Waals surface area contributed by atoms with E-state index in [2.05, 4.69) is 173 Å². The molecule has 0 atom stereocenters. The molecule has 0 bridgehead atoms. The Balaban J connectivity index is 1.04. The Labute approximate surface area is 301 Å².